The maximum absolute atomic E-state index is 12.1. The van der Waals surface area contributed by atoms with Crippen molar-refractivity contribution in [2.75, 3.05) is 17.2 Å². The fourth-order valence-corrected chi connectivity index (χ4v) is 1.69. The number of nitro groups is 1. The van der Waals surface area contributed by atoms with E-state index in [4.69, 9.17) is 0 Å². The second-order valence-electron chi connectivity index (χ2n) is 4.08. The number of tetrazole rings is 1. The normalized spacial score (nSPS) is 10.2. The van der Waals surface area contributed by atoms with E-state index < -0.39 is 10.8 Å². The number of nitrogens with one attached hydrogen (secondary N) is 2. The quantitative estimate of drug-likeness (QED) is 0.616. The first kappa shape index (κ1) is 14.4. The third kappa shape index (κ3) is 3.29. The summed E-state index contributed by atoms with van der Waals surface area (Å²) in [5, 5.41) is 27.3. The summed E-state index contributed by atoms with van der Waals surface area (Å²) in [6.45, 7) is 2.51. The molecule has 10 heteroatoms. The molecule has 1 heterocycles. The van der Waals surface area contributed by atoms with E-state index >= 15 is 0 Å². The van der Waals surface area contributed by atoms with Crippen molar-refractivity contribution in [3.63, 3.8) is 0 Å². The molecule has 2 aromatic rings. The van der Waals surface area contributed by atoms with Gasteiger partial charge in [0.15, 0.2) is 0 Å². The summed E-state index contributed by atoms with van der Waals surface area (Å²) in [6, 6.07) is 4.23. The number of aryl methyl sites for hydroxylation is 1. The van der Waals surface area contributed by atoms with Crippen LogP contribution in [0.4, 0.5) is 17.3 Å². The molecule has 10 nitrogen and oxygen atoms in total. The fourth-order valence-electron chi connectivity index (χ4n) is 1.69. The number of benzene rings is 1. The molecule has 1 amide bonds. The van der Waals surface area contributed by atoms with Crippen LogP contribution in [0.5, 0.6) is 0 Å². The molecule has 2 rings (SSSR count). The number of carbonyl (C=O) groups is 1. The molecule has 1 aromatic carbocycles. The van der Waals surface area contributed by atoms with E-state index in [-0.39, 0.29) is 17.2 Å². The van der Waals surface area contributed by atoms with Gasteiger partial charge in [0, 0.05) is 18.3 Å². The highest BCUT2D eigenvalue weighted by Crippen LogP contribution is 2.23. The van der Waals surface area contributed by atoms with Gasteiger partial charge in [-0.05, 0) is 24.3 Å². The zero-order valence-corrected chi connectivity index (χ0v) is 11.4. The summed E-state index contributed by atoms with van der Waals surface area (Å²) >= 11 is 0. The first-order valence-electron chi connectivity index (χ1n) is 6.09. The Morgan fingerprint density at radius 1 is 1.48 bits per heavy atom. The predicted molar refractivity (Wildman–Crippen MR) is 74.0 cm³/mol. The van der Waals surface area contributed by atoms with Gasteiger partial charge in [0.05, 0.1) is 12.0 Å². The van der Waals surface area contributed by atoms with Crippen molar-refractivity contribution < 1.29 is 9.72 Å². The van der Waals surface area contributed by atoms with Gasteiger partial charge < -0.3 is 5.32 Å². The van der Waals surface area contributed by atoms with Crippen molar-refractivity contribution in [3.8, 4) is 0 Å². The number of nitro benzene ring substituents is 1. The van der Waals surface area contributed by atoms with Gasteiger partial charge in [-0.3, -0.25) is 20.2 Å². The highest BCUT2D eigenvalue weighted by atomic mass is 16.6. The summed E-state index contributed by atoms with van der Waals surface area (Å²) in [7, 11) is 1.54. The Kier molecular flexibility index (Phi) is 4.07. The molecule has 0 aliphatic carbocycles. The van der Waals surface area contributed by atoms with E-state index in [1.807, 2.05) is 6.92 Å². The minimum absolute atomic E-state index is 0.0225. The number of carbonyl (C=O) groups excluding carboxylic acids is 1. The van der Waals surface area contributed by atoms with E-state index in [1.54, 1.807) is 6.07 Å². The number of hydrogen-bond donors (Lipinski definition) is 2. The first-order valence-corrected chi connectivity index (χ1v) is 6.09. The monoisotopic (exact) mass is 291 g/mol. The second-order valence-corrected chi connectivity index (χ2v) is 4.08. The lowest BCUT2D eigenvalue weighted by atomic mass is 10.1. The van der Waals surface area contributed by atoms with Crippen molar-refractivity contribution in [2.24, 2.45) is 7.05 Å². The Morgan fingerprint density at radius 2 is 2.24 bits per heavy atom. The van der Waals surface area contributed by atoms with Crippen molar-refractivity contribution in [1.82, 2.24) is 20.2 Å². The number of rotatable bonds is 5. The van der Waals surface area contributed by atoms with Crippen molar-refractivity contribution in [1.29, 1.82) is 0 Å². The maximum Gasteiger partial charge on any atom is 0.282 e. The van der Waals surface area contributed by atoms with Crippen LogP contribution in [0, 0.1) is 10.1 Å². The number of aromatic nitrogens is 4. The molecule has 0 radical (unpaired) electrons. The van der Waals surface area contributed by atoms with Crippen LogP contribution in [0.1, 0.15) is 17.3 Å². The van der Waals surface area contributed by atoms with Gasteiger partial charge in [0.25, 0.3) is 17.5 Å². The largest absolute Gasteiger partial charge is 0.385 e. The molecule has 0 saturated heterocycles. The van der Waals surface area contributed by atoms with E-state index in [2.05, 4.69) is 26.0 Å². The molecule has 21 heavy (non-hydrogen) atoms. The molecule has 0 spiro atoms. The van der Waals surface area contributed by atoms with Crippen LogP contribution in [-0.2, 0) is 7.05 Å². The number of nitrogens with zero attached hydrogens (tertiary/aromatic N) is 5. The molecule has 0 saturated carbocycles. The van der Waals surface area contributed by atoms with E-state index in [9.17, 15) is 14.9 Å². The van der Waals surface area contributed by atoms with Crippen LogP contribution in [0.3, 0.4) is 0 Å². The molecular weight excluding hydrogens is 278 g/mol. The molecule has 1 aromatic heterocycles. The van der Waals surface area contributed by atoms with Crippen LogP contribution in [-0.4, -0.2) is 37.6 Å². The molecule has 0 atom stereocenters. The van der Waals surface area contributed by atoms with Gasteiger partial charge in [-0.25, -0.2) is 0 Å². The second kappa shape index (κ2) is 5.94. The zero-order valence-electron chi connectivity index (χ0n) is 11.4. The van der Waals surface area contributed by atoms with Crippen molar-refractivity contribution >= 4 is 23.2 Å². The standard InChI is InChI=1S/C11H13N7O3/c1-3-12-7-4-5-9(18(20)21)8(6-7)10(19)13-11-14-16-17(2)15-11/h4-6,12H,3H2,1-2H3,(H,13,15,19). The van der Waals surface area contributed by atoms with Crippen LogP contribution in [0.15, 0.2) is 18.2 Å². The van der Waals surface area contributed by atoms with Crippen molar-refractivity contribution in [3.05, 3.63) is 33.9 Å². The minimum Gasteiger partial charge on any atom is -0.385 e. The topological polar surface area (TPSA) is 128 Å². The Labute approximate surface area is 119 Å². The van der Waals surface area contributed by atoms with Gasteiger partial charge in [-0.2, -0.15) is 4.80 Å². The smallest absolute Gasteiger partial charge is 0.282 e. The molecule has 2 N–H and O–H groups in total. The molecule has 0 unspecified atom stereocenters. The van der Waals surface area contributed by atoms with Gasteiger partial charge >= 0.3 is 0 Å². The van der Waals surface area contributed by atoms with Crippen molar-refractivity contribution in [2.45, 2.75) is 6.92 Å². The summed E-state index contributed by atoms with van der Waals surface area (Å²) < 4.78 is 0. The summed E-state index contributed by atoms with van der Waals surface area (Å²) in [4.78, 5) is 23.7. The Morgan fingerprint density at radius 3 is 2.81 bits per heavy atom. The highest BCUT2D eigenvalue weighted by molar-refractivity contribution is 6.06. The van der Waals surface area contributed by atoms with Crippen LogP contribution in [0.25, 0.3) is 0 Å². The molecule has 0 aliphatic rings. The third-order valence-corrected chi connectivity index (χ3v) is 2.55. The number of anilines is 2. The van der Waals surface area contributed by atoms with E-state index in [0.717, 1.165) is 0 Å². The lowest BCUT2D eigenvalue weighted by Crippen LogP contribution is -2.15. The van der Waals surface area contributed by atoms with Gasteiger partial charge in [-0.1, -0.05) is 5.10 Å². The van der Waals surface area contributed by atoms with Crippen LogP contribution in [0.2, 0.25) is 0 Å². The van der Waals surface area contributed by atoms with E-state index in [0.29, 0.717) is 12.2 Å². The fraction of sp³-hybridized carbons (Fsp3) is 0.273. The highest BCUT2D eigenvalue weighted by Gasteiger charge is 2.21. The Hall–Kier alpha value is -3.04. The van der Waals surface area contributed by atoms with Crippen LogP contribution >= 0.6 is 0 Å². The summed E-state index contributed by atoms with van der Waals surface area (Å²) in [5.74, 6) is -0.694. The predicted octanol–water partition coefficient (Wildman–Crippen LogP) is 0.802. The Bertz CT molecular complexity index is 682. The molecule has 0 bridgehead atoms. The van der Waals surface area contributed by atoms with E-state index in [1.165, 1.54) is 24.0 Å². The van der Waals surface area contributed by atoms with Crippen LogP contribution < -0.4 is 10.6 Å². The summed E-state index contributed by atoms with van der Waals surface area (Å²) in [6.07, 6.45) is 0. The zero-order chi connectivity index (χ0) is 15.4. The third-order valence-electron chi connectivity index (χ3n) is 2.55. The molecular formula is C11H13N7O3. The average Bonchev–Trinajstić information content (AvgIpc) is 2.84. The lowest BCUT2D eigenvalue weighted by molar-refractivity contribution is -0.385. The molecule has 0 aliphatic heterocycles. The maximum atomic E-state index is 12.1. The van der Waals surface area contributed by atoms with Gasteiger partial charge in [0.1, 0.15) is 5.56 Å². The molecule has 110 valence electrons. The molecule has 0 fully saturated rings. The number of hydrogen-bond acceptors (Lipinski definition) is 7. The SMILES string of the molecule is CCNc1ccc([N+](=O)[O-])c(C(=O)Nc2nnn(C)n2)c1. The van der Waals surface area contributed by atoms with Gasteiger partial charge in [0.2, 0.25) is 0 Å². The number of amides is 1. The lowest BCUT2D eigenvalue weighted by Gasteiger charge is -2.06. The van der Waals surface area contributed by atoms with Gasteiger partial charge in [-0.15, -0.1) is 5.10 Å². The average molecular weight is 291 g/mol. The summed E-state index contributed by atoms with van der Waals surface area (Å²) in [5.41, 5.74) is 0.240. The minimum atomic E-state index is -0.672. The first-order chi connectivity index (χ1) is 10.0. The Balaban J connectivity index is 2.32.